The Balaban J connectivity index is 1.46. The second-order valence-corrected chi connectivity index (χ2v) is 7.60. The predicted molar refractivity (Wildman–Crippen MR) is 116 cm³/mol. The van der Waals surface area contributed by atoms with Gasteiger partial charge in [-0.05, 0) is 66.9 Å². The standard InChI is InChI=1S/C24H22N4O3/c1-16-9-17(2)11-19(10-16)28-24(27-7-3-4-8-27)20(14-26-28)23(29)25-13-18-5-6-21-22(12-18)31-15-30-21/h3-12,14H,13,15H2,1-2H3,(H,25,29). The van der Waals surface area contributed by atoms with Gasteiger partial charge in [-0.3, -0.25) is 4.79 Å². The molecule has 31 heavy (non-hydrogen) atoms. The van der Waals surface area contributed by atoms with E-state index in [0.717, 1.165) is 28.1 Å². The molecule has 7 nitrogen and oxygen atoms in total. The molecule has 1 aliphatic heterocycles. The molecule has 0 fully saturated rings. The van der Waals surface area contributed by atoms with E-state index in [1.165, 1.54) is 0 Å². The Morgan fingerprint density at radius 3 is 2.55 bits per heavy atom. The van der Waals surface area contributed by atoms with E-state index in [1.807, 2.05) is 61.1 Å². The van der Waals surface area contributed by atoms with Crippen LogP contribution >= 0.6 is 0 Å². The average Bonchev–Trinajstić information content (AvgIpc) is 3.50. The van der Waals surface area contributed by atoms with Crippen molar-refractivity contribution in [2.45, 2.75) is 20.4 Å². The number of carbonyl (C=O) groups is 1. The van der Waals surface area contributed by atoms with Gasteiger partial charge in [0, 0.05) is 18.9 Å². The minimum Gasteiger partial charge on any atom is -0.454 e. The highest BCUT2D eigenvalue weighted by Crippen LogP contribution is 2.32. The second kappa shape index (κ2) is 7.68. The Bertz CT molecular complexity index is 1240. The van der Waals surface area contributed by atoms with Gasteiger partial charge in [0.1, 0.15) is 5.56 Å². The van der Waals surface area contributed by atoms with Gasteiger partial charge in [0.2, 0.25) is 6.79 Å². The fourth-order valence-electron chi connectivity index (χ4n) is 3.82. The fourth-order valence-corrected chi connectivity index (χ4v) is 3.82. The van der Waals surface area contributed by atoms with Crippen molar-refractivity contribution < 1.29 is 14.3 Å². The van der Waals surface area contributed by atoms with Gasteiger partial charge in [-0.2, -0.15) is 5.10 Å². The number of fused-ring (bicyclic) bond motifs is 1. The first-order chi connectivity index (χ1) is 15.1. The number of nitrogens with one attached hydrogen (secondary N) is 1. The van der Waals surface area contributed by atoms with Crippen molar-refractivity contribution in [3.8, 4) is 23.0 Å². The lowest BCUT2D eigenvalue weighted by atomic mass is 10.1. The van der Waals surface area contributed by atoms with Gasteiger partial charge in [-0.25, -0.2) is 4.68 Å². The van der Waals surface area contributed by atoms with E-state index in [4.69, 9.17) is 9.47 Å². The van der Waals surface area contributed by atoms with Gasteiger partial charge < -0.3 is 19.4 Å². The quantitative estimate of drug-likeness (QED) is 0.537. The molecule has 0 saturated carbocycles. The van der Waals surface area contributed by atoms with Crippen molar-refractivity contribution >= 4 is 5.91 Å². The number of rotatable bonds is 5. The van der Waals surface area contributed by atoms with Crippen LogP contribution in [0.3, 0.4) is 0 Å². The Kier molecular flexibility index (Phi) is 4.71. The maximum atomic E-state index is 13.1. The third kappa shape index (κ3) is 3.66. The van der Waals surface area contributed by atoms with Crippen LogP contribution in [0.1, 0.15) is 27.0 Å². The first kappa shape index (κ1) is 19.0. The van der Waals surface area contributed by atoms with E-state index >= 15 is 0 Å². The molecule has 2 aromatic carbocycles. The SMILES string of the molecule is Cc1cc(C)cc(-n2ncc(C(=O)NCc3ccc4c(c3)OCO4)c2-n2cccc2)c1. The molecule has 156 valence electrons. The molecule has 1 amide bonds. The molecule has 0 aliphatic carbocycles. The number of benzene rings is 2. The van der Waals surface area contributed by atoms with Gasteiger partial charge in [-0.15, -0.1) is 0 Å². The smallest absolute Gasteiger partial charge is 0.256 e. The van der Waals surface area contributed by atoms with Crippen LogP contribution in [0, 0.1) is 13.8 Å². The molecule has 0 spiro atoms. The number of hydrogen-bond donors (Lipinski definition) is 1. The topological polar surface area (TPSA) is 70.3 Å². The molecule has 1 aliphatic rings. The number of aryl methyl sites for hydroxylation is 2. The predicted octanol–water partition coefficient (Wildman–Crippen LogP) is 3.94. The minimum atomic E-state index is -0.197. The van der Waals surface area contributed by atoms with Crippen LogP contribution in [0.15, 0.2) is 67.1 Å². The third-order valence-corrected chi connectivity index (χ3v) is 5.18. The molecular weight excluding hydrogens is 392 g/mol. The first-order valence-electron chi connectivity index (χ1n) is 10.1. The number of ether oxygens (including phenoxy) is 2. The Morgan fingerprint density at radius 2 is 1.77 bits per heavy atom. The summed E-state index contributed by atoms with van der Waals surface area (Å²) in [6.07, 6.45) is 5.43. The van der Waals surface area contributed by atoms with Crippen molar-refractivity contribution in [1.82, 2.24) is 19.7 Å². The van der Waals surface area contributed by atoms with Crippen LogP contribution in [-0.2, 0) is 6.54 Å². The Hall–Kier alpha value is -4.00. The summed E-state index contributed by atoms with van der Waals surface area (Å²) in [4.78, 5) is 13.1. The highest BCUT2D eigenvalue weighted by molar-refractivity contribution is 5.97. The fraction of sp³-hybridized carbons (Fsp3) is 0.167. The lowest BCUT2D eigenvalue weighted by Gasteiger charge is -2.12. The van der Waals surface area contributed by atoms with Crippen LogP contribution in [0.2, 0.25) is 0 Å². The molecule has 0 saturated heterocycles. The maximum Gasteiger partial charge on any atom is 0.256 e. The van der Waals surface area contributed by atoms with E-state index in [1.54, 1.807) is 10.9 Å². The first-order valence-corrected chi connectivity index (χ1v) is 10.1. The Morgan fingerprint density at radius 1 is 1.03 bits per heavy atom. The number of amides is 1. The molecule has 4 aromatic rings. The molecule has 2 aromatic heterocycles. The lowest BCUT2D eigenvalue weighted by molar-refractivity contribution is 0.0951. The molecule has 3 heterocycles. The zero-order chi connectivity index (χ0) is 21.4. The number of hydrogen-bond acceptors (Lipinski definition) is 4. The summed E-state index contributed by atoms with van der Waals surface area (Å²) < 4.78 is 14.5. The second-order valence-electron chi connectivity index (χ2n) is 7.60. The molecule has 7 heteroatoms. The van der Waals surface area contributed by atoms with E-state index in [0.29, 0.717) is 23.7 Å². The van der Waals surface area contributed by atoms with Crippen molar-refractivity contribution in [1.29, 1.82) is 0 Å². The van der Waals surface area contributed by atoms with E-state index in [9.17, 15) is 4.79 Å². The van der Waals surface area contributed by atoms with Crippen LogP contribution in [0.5, 0.6) is 11.5 Å². The number of nitrogens with zero attached hydrogens (tertiary/aromatic N) is 3. The highest BCUT2D eigenvalue weighted by atomic mass is 16.7. The molecule has 1 N–H and O–H groups in total. The molecule has 0 unspecified atom stereocenters. The summed E-state index contributed by atoms with van der Waals surface area (Å²) in [5, 5.41) is 7.54. The lowest BCUT2D eigenvalue weighted by Crippen LogP contribution is -2.24. The molecule has 0 bridgehead atoms. The van der Waals surface area contributed by atoms with Gasteiger partial charge in [0.05, 0.1) is 11.9 Å². The Labute approximate surface area is 179 Å². The minimum absolute atomic E-state index is 0.197. The van der Waals surface area contributed by atoms with Crippen molar-refractivity contribution in [2.75, 3.05) is 6.79 Å². The normalized spacial score (nSPS) is 12.2. The molecular formula is C24H22N4O3. The molecule has 0 radical (unpaired) electrons. The van der Waals surface area contributed by atoms with Gasteiger partial charge in [0.15, 0.2) is 17.3 Å². The van der Waals surface area contributed by atoms with Crippen LogP contribution < -0.4 is 14.8 Å². The van der Waals surface area contributed by atoms with E-state index < -0.39 is 0 Å². The van der Waals surface area contributed by atoms with Gasteiger partial charge >= 0.3 is 0 Å². The molecule has 5 rings (SSSR count). The number of aromatic nitrogens is 3. The zero-order valence-electron chi connectivity index (χ0n) is 17.3. The molecule has 0 atom stereocenters. The van der Waals surface area contributed by atoms with Crippen LogP contribution in [0.25, 0.3) is 11.5 Å². The summed E-state index contributed by atoms with van der Waals surface area (Å²) in [7, 11) is 0. The maximum absolute atomic E-state index is 13.1. The van der Waals surface area contributed by atoms with E-state index in [2.05, 4.69) is 28.6 Å². The van der Waals surface area contributed by atoms with Gasteiger partial charge in [0.25, 0.3) is 5.91 Å². The highest BCUT2D eigenvalue weighted by Gasteiger charge is 2.20. The largest absolute Gasteiger partial charge is 0.454 e. The van der Waals surface area contributed by atoms with Crippen molar-refractivity contribution in [3.63, 3.8) is 0 Å². The zero-order valence-corrected chi connectivity index (χ0v) is 17.3. The van der Waals surface area contributed by atoms with E-state index in [-0.39, 0.29) is 12.7 Å². The third-order valence-electron chi connectivity index (χ3n) is 5.18. The summed E-state index contributed by atoms with van der Waals surface area (Å²) in [5.41, 5.74) is 4.62. The summed E-state index contributed by atoms with van der Waals surface area (Å²) in [5.74, 6) is 1.91. The number of carbonyl (C=O) groups excluding carboxylic acids is 1. The average molecular weight is 414 g/mol. The van der Waals surface area contributed by atoms with Crippen LogP contribution in [-0.4, -0.2) is 27.0 Å². The van der Waals surface area contributed by atoms with Crippen molar-refractivity contribution in [3.05, 3.63) is 89.4 Å². The summed E-state index contributed by atoms with van der Waals surface area (Å²) in [6.45, 7) is 4.70. The van der Waals surface area contributed by atoms with Crippen LogP contribution in [0.4, 0.5) is 0 Å². The summed E-state index contributed by atoms with van der Waals surface area (Å²) in [6, 6.07) is 15.7. The summed E-state index contributed by atoms with van der Waals surface area (Å²) >= 11 is 0. The van der Waals surface area contributed by atoms with Gasteiger partial charge in [-0.1, -0.05) is 12.1 Å². The monoisotopic (exact) mass is 414 g/mol. The van der Waals surface area contributed by atoms with Crippen molar-refractivity contribution in [2.24, 2.45) is 0 Å².